The number of aliphatic carboxylic acids is 1. The zero-order valence-corrected chi connectivity index (χ0v) is 16.3. The Bertz CT molecular complexity index is 894. The smallest absolute Gasteiger partial charge is 0.308 e. The Morgan fingerprint density at radius 1 is 1.17 bits per heavy atom. The molecule has 0 radical (unpaired) electrons. The molecule has 1 fully saturated rings. The first-order chi connectivity index (χ1) is 14.0. The lowest BCUT2D eigenvalue weighted by Gasteiger charge is -2.17. The number of carboxylic acids is 1. The number of carbonyl (C=O) groups is 3. The predicted molar refractivity (Wildman–Crippen MR) is 108 cm³/mol. The number of carboxylic acid groups (broad SMARTS) is 1. The number of carbonyl (C=O) groups excluding carboxylic acids is 2. The van der Waals surface area contributed by atoms with Gasteiger partial charge in [-0.2, -0.15) is 0 Å². The van der Waals surface area contributed by atoms with Crippen LogP contribution in [0.4, 0.5) is 5.69 Å². The molecule has 1 aliphatic rings. The van der Waals surface area contributed by atoms with E-state index in [2.05, 4.69) is 5.32 Å². The molecule has 2 aromatic carbocycles. The van der Waals surface area contributed by atoms with Gasteiger partial charge in [0.15, 0.2) is 0 Å². The summed E-state index contributed by atoms with van der Waals surface area (Å²) < 4.78 is 5.27. The number of anilines is 1. The van der Waals surface area contributed by atoms with E-state index in [1.165, 1.54) is 7.11 Å². The fourth-order valence-electron chi connectivity index (χ4n) is 3.42. The van der Waals surface area contributed by atoms with Gasteiger partial charge in [0, 0.05) is 30.8 Å². The number of para-hydroxylation sites is 1. The summed E-state index contributed by atoms with van der Waals surface area (Å²) in [5, 5.41) is 12.2. The summed E-state index contributed by atoms with van der Waals surface area (Å²) in [4.78, 5) is 37.6. The van der Waals surface area contributed by atoms with E-state index < -0.39 is 11.9 Å². The average Bonchev–Trinajstić information content (AvgIpc) is 3.16. The Kier molecular flexibility index (Phi) is 6.49. The van der Waals surface area contributed by atoms with Gasteiger partial charge >= 0.3 is 5.97 Å². The summed E-state index contributed by atoms with van der Waals surface area (Å²) in [6.45, 7) is 0.687. The van der Waals surface area contributed by atoms with Gasteiger partial charge in [0.1, 0.15) is 5.75 Å². The van der Waals surface area contributed by atoms with Gasteiger partial charge in [-0.25, -0.2) is 0 Å². The van der Waals surface area contributed by atoms with Crippen LogP contribution in [0.1, 0.15) is 28.8 Å². The maximum absolute atomic E-state index is 12.4. The lowest BCUT2D eigenvalue weighted by molar-refractivity contribution is -0.141. The molecule has 29 heavy (non-hydrogen) atoms. The summed E-state index contributed by atoms with van der Waals surface area (Å²) in [6, 6.07) is 14.0. The van der Waals surface area contributed by atoms with Crippen LogP contribution in [-0.4, -0.2) is 43.1 Å². The van der Waals surface area contributed by atoms with Crippen LogP contribution in [-0.2, 0) is 16.0 Å². The second-order valence-corrected chi connectivity index (χ2v) is 6.96. The Morgan fingerprint density at radius 3 is 2.52 bits per heavy atom. The molecule has 2 aromatic rings. The van der Waals surface area contributed by atoms with Crippen molar-refractivity contribution in [2.45, 2.75) is 19.3 Å². The number of nitrogens with zero attached hydrogens (tertiary/aromatic N) is 1. The van der Waals surface area contributed by atoms with Gasteiger partial charge in [0.05, 0.1) is 13.0 Å². The van der Waals surface area contributed by atoms with Gasteiger partial charge in [0.25, 0.3) is 5.91 Å². The summed E-state index contributed by atoms with van der Waals surface area (Å²) in [5.74, 6) is -1.41. The number of hydrogen-bond acceptors (Lipinski definition) is 4. The highest BCUT2D eigenvalue weighted by molar-refractivity contribution is 5.97. The molecule has 0 saturated carbocycles. The molecule has 1 heterocycles. The van der Waals surface area contributed by atoms with Crippen LogP contribution >= 0.6 is 0 Å². The molecule has 0 spiro atoms. The molecule has 1 atom stereocenters. The molecule has 0 bridgehead atoms. The Morgan fingerprint density at radius 2 is 1.90 bits per heavy atom. The number of nitrogens with one attached hydrogen (secondary N) is 1. The summed E-state index contributed by atoms with van der Waals surface area (Å²) in [5.41, 5.74) is 1.96. The molecule has 1 saturated heterocycles. The van der Waals surface area contributed by atoms with E-state index in [0.29, 0.717) is 24.3 Å². The van der Waals surface area contributed by atoms with Crippen LogP contribution in [0.25, 0.3) is 0 Å². The largest absolute Gasteiger partial charge is 0.496 e. The van der Waals surface area contributed by atoms with E-state index >= 15 is 0 Å². The zero-order valence-electron chi connectivity index (χ0n) is 16.3. The van der Waals surface area contributed by atoms with Crippen LogP contribution in [0.2, 0.25) is 0 Å². The molecule has 2 amide bonds. The van der Waals surface area contributed by atoms with Crippen molar-refractivity contribution >= 4 is 23.5 Å². The van der Waals surface area contributed by atoms with Crippen molar-refractivity contribution < 1.29 is 24.2 Å². The lowest BCUT2D eigenvalue weighted by Crippen LogP contribution is -2.34. The Balaban J connectivity index is 1.61. The van der Waals surface area contributed by atoms with E-state index in [1.807, 2.05) is 18.2 Å². The van der Waals surface area contributed by atoms with E-state index in [9.17, 15) is 19.5 Å². The van der Waals surface area contributed by atoms with Crippen LogP contribution in [0, 0.1) is 5.92 Å². The molecular formula is C22H24N2O5. The monoisotopic (exact) mass is 396 g/mol. The minimum atomic E-state index is -0.987. The van der Waals surface area contributed by atoms with Crippen molar-refractivity contribution in [3.05, 3.63) is 59.7 Å². The van der Waals surface area contributed by atoms with E-state index in [-0.39, 0.29) is 24.8 Å². The van der Waals surface area contributed by atoms with E-state index in [1.54, 1.807) is 35.2 Å². The maximum Gasteiger partial charge on any atom is 0.308 e. The number of amides is 2. The highest BCUT2D eigenvalue weighted by Crippen LogP contribution is 2.22. The van der Waals surface area contributed by atoms with E-state index in [4.69, 9.17) is 4.74 Å². The molecule has 1 unspecified atom stereocenters. The van der Waals surface area contributed by atoms with Gasteiger partial charge in [-0.1, -0.05) is 18.2 Å². The lowest BCUT2D eigenvalue weighted by atomic mass is 9.98. The highest BCUT2D eigenvalue weighted by Gasteiger charge is 2.23. The third kappa shape index (κ3) is 4.93. The molecule has 2 N–H and O–H groups in total. The molecule has 0 aromatic heterocycles. The van der Waals surface area contributed by atoms with Gasteiger partial charge in [-0.3, -0.25) is 14.4 Å². The number of methoxy groups -OCH3 is 1. The van der Waals surface area contributed by atoms with Crippen molar-refractivity contribution in [3.63, 3.8) is 0 Å². The van der Waals surface area contributed by atoms with Crippen LogP contribution in [0.3, 0.4) is 0 Å². The minimum Gasteiger partial charge on any atom is -0.496 e. The second kappa shape index (κ2) is 9.23. The Hall–Kier alpha value is -3.35. The van der Waals surface area contributed by atoms with Gasteiger partial charge in [-0.15, -0.1) is 0 Å². The predicted octanol–water partition coefficient (Wildman–Crippen LogP) is 2.50. The maximum atomic E-state index is 12.4. The molecule has 0 aliphatic carbocycles. The number of hydrogen-bond donors (Lipinski definition) is 2. The topological polar surface area (TPSA) is 95.9 Å². The quantitative estimate of drug-likeness (QED) is 0.715. The summed E-state index contributed by atoms with van der Waals surface area (Å²) in [7, 11) is 1.54. The SMILES string of the molecule is COc1ccccc1CC(CNC(=O)c1ccc(N2CCCC2=O)cc1)C(=O)O. The molecule has 7 heteroatoms. The molecule has 152 valence electrons. The molecule has 7 nitrogen and oxygen atoms in total. The average molecular weight is 396 g/mol. The highest BCUT2D eigenvalue weighted by atomic mass is 16.5. The molecular weight excluding hydrogens is 372 g/mol. The van der Waals surface area contributed by atoms with E-state index in [0.717, 1.165) is 17.7 Å². The first-order valence-electron chi connectivity index (χ1n) is 9.53. The number of rotatable bonds is 8. The Labute approximate surface area is 169 Å². The van der Waals surface area contributed by atoms with Crippen molar-refractivity contribution in [2.75, 3.05) is 25.1 Å². The summed E-state index contributed by atoms with van der Waals surface area (Å²) >= 11 is 0. The molecule has 1 aliphatic heterocycles. The summed E-state index contributed by atoms with van der Waals surface area (Å²) in [6.07, 6.45) is 1.63. The van der Waals surface area contributed by atoms with Crippen LogP contribution < -0.4 is 15.0 Å². The van der Waals surface area contributed by atoms with Gasteiger partial charge in [-0.05, 0) is 48.7 Å². The number of ether oxygens (including phenoxy) is 1. The zero-order chi connectivity index (χ0) is 20.8. The van der Waals surface area contributed by atoms with Crippen molar-refractivity contribution in [3.8, 4) is 5.75 Å². The standard InChI is InChI=1S/C22H24N2O5/c1-29-19-6-3-2-5-16(19)13-17(22(27)28)14-23-21(26)15-8-10-18(11-9-15)24-12-4-7-20(24)25/h2-3,5-6,8-11,17H,4,7,12-14H2,1H3,(H,23,26)(H,27,28). The normalized spacial score (nSPS) is 14.5. The first kappa shape index (κ1) is 20.4. The van der Waals surface area contributed by atoms with Crippen molar-refractivity contribution in [1.29, 1.82) is 0 Å². The van der Waals surface area contributed by atoms with Crippen molar-refractivity contribution in [1.82, 2.24) is 5.32 Å². The van der Waals surface area contributed by atoms with Crippen molar-refractivity contribution in [2.24, 2.45) is 5.92 Å². The van der Waals surface area contributed by atoms with Crippen LogP contribution in [0.15, 0.2) is 48.5 Å². The molecule has 3 rings (SSSR count). The third-order valence-electron chi connectivity index (χ3n) is 5.03. The first-order valence-corrected chi connectivity index (χ1v) is 9.53. The van der Waals surface area contributed by atoms with Gasteiger partial charge in [0.2, 0.25) is 5.91 Å². The van der Waals surface area contributed by atoms with Crippen LogP contribution in [0.5, 0.6) is 5.75 Å². The number of benzene rings is 2. The third-order valence-corrected chi connectivity index (χ3v) is 5.03. The van der Waals surface area contributed by atoms with Gasteiger partial charge < -0.3 is 20.1 Å². The minimum absolute atomic E-state index is 0.00141. The second-order valence-electron chi connectivity index (χ2n) is 6.96. The fourth-order valence-corrected chi connectivity index (χ4v) is 3.42. The fraction of sp³-hybridized carbons (Fsp3) is 0.318.